The van der Waals surface area contributed by atoms with Crippen LogP contribution in [0.25, 0.3) is 0 Å². The average molecular weight is 295 g/mol. The van der Waals surface area contributed by atoms with Crippen LogP contribution in [0.3, 0.4) is 0 Å². The molecule has 6 nitrogen and oxygen atoms in total. The lowest BCUT2D eigenvalue weighted by Gasteiger charge is -2.44. The number of ether oxygens (including phenoxy) is 2. The summed E-state index contributed by atoms with van der Waals surface area (Å²) in [6.45, 7) is 1.70. The molecule has 3 unspecified atom stereocenters. The Kier molecular flexibility index (Phi) is 4.95. The van der Waals surface area contributed by atoms with Crippen molar-refractivity contribution in [2.45, 2.75) is 37.6 Å². The Hall–Kier alpha value is -1.47. The van der Waals surface area contributed by atoms with Gasteiger partial charge >= 0.3 is 5.97 Å². The van der Waals surface area contributed by atoms with E-state index in [1.54, 1.807) is 50.2 Å². The number of aliphatic hydroxyl groups excluding tert-OH is 2. The van der Waals surface area contributed by atoms with Crippen molar-refractivity contribution < 1.29 is 24.5 Å². The lowest BCUT2D eigenvalue weighted by atomic mass is 9.95. The summed E-state index contributed by atoms with van der Waals surface area (Å²) in [6.07, 6.45) is -3.64. The molecule has 6 heteroatoms. The standard InChI is InChI=1S/C15H21NO5/c1-9-13(11(16(2)3)12(17)15(19)20-9)21-14(18)10-7-5-4-6-8-10/h4-9,11-13,15,17,19H,1-3H3/t9-,11?,12?,13?,15-/m1/s1. The van der Waals surface area contributed by atoms with E-state index < -0.39 is 36.6 Å². The van der Waals surface area contributed by atoms with E-state index in [1.807, 2.05) is 6.07 Å². The molecule has 1 fully saturated rings. The Bertz CT molecular complexity index is 478. The van der Waals surface area contributed by atoms with Gasteiger partial charge in [-0.25, -0.2) is 4.79 Å². The fourth-order valence-electron chi connectivity index (χ4n) is 2.55. The molecule has 1 aliphatic rings. The van der Waals surface area contributed by atoms with Crippen molar-refractivity contribution in [1.29, 1.82) is 0 Å². The van der Waals surface area contributed by atoms with Gasteiger partial charge in [-0.15, -0.1) is 0 Å². The van der Waals surface area contributed by atoms with E-state index in [4.69, 9.17) is 9.47 Å². The first kappa shape index (κ1) is 15.9. The zero-order valence-electron chi connectivity index (χ0n) is 12.3. The van der Waals surface area contributed by atoms with Crippen molar-refractivity contribution in [3.05, 3.63) is 35.9 Å². The Balaban J connectivity index is 2.17. The van der Waals surface area contributed by atoms with Gasteiger partial charge in [0, 0.05) is 0 Å². The van der Waals surface area contributed by atoms with Crippen molar-refractivity contribution in [3.63, 3.8) is 0 Å². The Morgan fingerprint density at radius 3 is 2.43 bits per heavy atom. The summed E-state index contributed by atoms with van der Waals surface area (Å²) in [7, 11) is 3.50. The summed E-state index contributed by atoms with van der Waals surface area (Å²) in [6, 6.07) is 8.08. The normalized spacial score (nSPS) is 33.0. The van der Waals surface area contributed by atoms with E-state index in [2.05, 4.69) is 0 Å². The largest absolute Gasteiger partial charge is 0.454 e. The third-order valence-electron chi connectivity index (χ3n) is 3.64. The Morgan fingerprint density at radius 2 is 1.86 bits per heavy atom. The van der Waals surface area contributed by atoms with Gasteiger partial charge < -0.3 is 24.6 Å². The highest BCUT2D eigenvalue weighted by Gasteiger charge is 2.46. The van der Waals surface area contributed by atoms with E-state index in [0.29, 0.717) is 5.56 Å². The molecule has 0 bridgehead atoms. The maximum atomic E-state index is 12.2. The summed E-state index contributed by atoms with van der Waals surface area (Å²) in [5, 5.41) is 19.8. The number of carbonyl (C=O) groups excluding carboxylic acids is 1. The molecule has 2 rings (SSSR count). The molecule has 0 radical (unpaired) electrons. The second kappa shape index (κ2) is 6.53. The maximum Gasteiger partial charge on any atom is 0.338 e. The highest BCUT2D eigenvalue weighted by atomic mass is 16.6. The number of hydrogen-bond donors (Lipinski definition) is 2. The third-order valence-corrected chi connectivity index (χ3v) is 3.64. The quantitative estimate of drug-likeness (QED) is 0.778. The van der Waals surface area contributed by atoms with Crippen LogP contribution in [0, 0.1) is 0 Å². The van der Waals surface area contributed by atoms with Gasteiger partial charge in [-0.1, -0.05) is 18.2 Å². The summed E-state index contributed by atoms with van der Waals surface area (Å²) in [4.78, 5) is 13.9. The molecule has 1 saturated heterocycles. The molecule has 5 atom stereocenters. The van der Waals surface area contributed by atoms with Gasteiger partial charge in [0.1, 0.15) is 12.2 Å². The fourth-order valence-corrected chi connectivity index (χ4v) is 2.55. The predicted octanol–water partition coefficient (Wildman–Crippen LogP) is 0.240. The van der Waals surface area contributed by atoms with Crippen molar-refractivity contribution in [1.82, 2.24) is 4.90 Å². The fraction of sp³-hybridized carbons (Fsp3) is 0.533. The molecule has 0 spiro atoms. The number of esters is 1. The van der Waals surface area contributed by atoms with Crippen LogP contribution in [0.2, 0.25) is 0 Å². The molecule has 1 aromatic rings. The van der Waals surface area contributed by atoms with E-state index in [9.17, 15) is 15.0 Å². The van der Waals surface area contributed by atoms with Crippen LogP contribution in [0.4, 0.5) is 0 Å². The van der Waals surface area contributed by atoms with Gasteiger partial charge in [-0.2, -0.15) is 0 Å². The van der Waals surface area contributed by atoms with E-state index in [1.165, 1.54) is 0 Å². The molecule has 2 N–H and O–H groups in total. The van der Waals surface area contributed by atoms with Gasteiger partial charge in [0.05, 0.1) is 17.7 Å². The molecule has 1 aromatic carbocycles. The lowest BCUT2D eigenvalue weighted by molar-refractivity contribution is -0.262. The van der Waals surface area contributed by atoms with Crippen LogP contribution in [0.5, 0.6) is 0 Å². The van der Waals surface area contributed by atoms with Crippen LogP contribution in [-0.4, -0.2) is 65.8 Å². The molecule has 116 valence electrons. The third kappa shape index (κ3) is 3.41. The first-order chi connectivity index (χ1) is 9.91. The highest BCUT2D eigenvalue weighted by Crippen LogP contribution is 2.25. The van der Waals surface area contributed by atoms with Crippen LogP contribution in [0.1, 0.15) is 17.3 Å². The number of benzene rings is 1. The first-order valence-electron chi connectivity index (χ1n) is 6.86. The molecule has 1 heterocycles. The zero-order valence-corrected chi connectivity index (χ0v) is 12.3. The van der Waals surface area contributed by atoms with Crippen LogP contribution >= 0.6 is 0 Å². The van der Waals surface area contributed by atoms with Gasteiger partial charge in [-0.05, 0) is 33.2 Å². The molecular formula is C15H21NO5. The smallest absolute Gasteiger partial charge is 0.338 e. The van der Waals surface area contributed by atoms with Gasteiger partial charge in [0.15, 0.2) is 6.29 Å². The number of hydrogen-bond acceptors (Lipinski definition) is 6. The van der Waals surface area contributed by atoms with Gasteiger partial charge in [0.2, 0.25) is 0 Å². The van der Waals surface area contributed by atoms with Crippen molar-refractivity contribution in [3.8, 4) is 0 Å². The monoisotopic (exact) mass is 295 g/mol. The zero-order chi connectivity index (χ0) is 15.6. The van der Waals surface area contributed by atoms with Gasteiger partial charge in [0.25, 0.3) is 0 Å². The van der Waals surface area contributed by atoms with Crippen LogP contribution in [-0.2, 0) is 9.47 Å². The summed E-state index contributed by atoms with van der Waals surface area (Å²) < 4.78 is 10.7. The second-order valence-corrected chi connectivity index (χ2v) is 5.41. The molecule has 0 aromatic heterocycles. The van der Waals surface area contributed by atoms with Crippen molar-refractivity contribution in [2.75, 3.05) is 14.1 Å². The second-order valence-electron chi connectivity index (χ2n) is 5.41. The predicted molar refractivity (Wildman–Crippen MR) is 75.7 cm³/mol. The van der Waals surface area contributed by atoms with Crippen molar-refractivity contribution >= 4 is 5.97 Å². The summed E-state index contributed by atoms with van der Waals surface area (Å²) in [5.74, 6) is -0.480. The number of carbonyl (C=O) groups is 1. The Labute approximate surface area is 123 Å². The topological polar surface area (TPSA) is 79.2 Å². The summed E-state index contributed by atoms with van der Waals surface area (Å²) in [5.41, 5.74) is 0.433. The summed E-state index contributed by atoms with van der Waals surface area (Å²) >= 11 is 0. The van der Waals surface area contributed by atoms with Crippen LogP contribution in [0.15, 0.2) is 30.3 Å². The van der Waals surface area contributed by atoms with Crippen molar-refractivity contribution in [2.24, 2.45) is 0 Å². The van der Waals surface area contributed by atoms with E-state index >= 15 is 0 Å². The van der Waals surface area contributed by atoms with E-state index in [-0.39, 0.29) is 0 Å². The molecule has 0 saturated carbocycles. The minimum absolute atomic E-state index is 0.433. The average Bonchev–Trinajstić information content (AvgIpc) is 2.45. The lowest BCUT2D eigenvalue weighted by Crippen LogP contribution is -2.62. The first-order valence-corrected chi connectivity index (χ1v) is 6.86. The van der Waals surface area contributed by atoms with E-state index in [0.717, 1.165) is 0 Å². The number of nitrogens with zero attached hydrogens (tertiary/aromatic N) is 1. The molecule has 1 aliphatic heterocycles. The Morgan fingerprint density at radius 1 is 1.24 bits per heavy atom. The van der Waals surface area contributed by atoms with Crippen LogP contribution < -0.4 is 0 Å². The SMILES string of the molecule is C[C@H]1O[C@@H](O)C(O)C(N(C)C)C1OC(=O)c1ccccc1. The molecular weight excluding hydrogens is 274 g/mol. The number of likely N-dealkylation sites (N-methyl/N-ethyl adjacent to an activating group) is 1. The minimum atomic E-state index is -1.29. The highest BCUT2D eigenvalue weighted by molar-refractivity contribution is 5.89. The van der Waals surface area contributed by atoms with Gasteiger partial charge in [-0.3, -0.25) is 0 Å². The maximum absolute atomic E-state index is 12.2. The molecule has 0 aliphatic carbocycles. The molecule has 21 heavy (non-hydrogen) atoms. The number of rotatable bonds is 3. The molecule has 0 amide bonds. The number of aliphatic hydroxyl groups is 2. The minimum Gasteiger partial charge on any atom is -0.454 e.